The van der Waals surface area contributed by atoms with Crippen LogP contribution in [-0.2, 0) is 16.5 Å². The third kappa shape index (κ3) is 5.54. The molecule has 2 aromatic rings. The van der Waals surface area contributed by atoms with Crippen molar-refractivity contribution in [2.75, 3.05) is 0 Å². The fraction of sp³-hybridized carbons (Fsp3) is 0.333. The molecule has 0 fully saturated rings. The summed E-state index contributed by atoms with van der Waals surface area (Å²) in [7, 11) is -4.40. The molecule has 0 aliphatic rings. The first-order chi connectivity index (χ1) is 11.4. The number of aromatic hydroxyl groups is 1. The van der Waals surface area contributed by atoms with E-state index in [2.05, 4.69) is 6.92 Å². The lowest BCUT2D eigenvalue weighted by Crippen LogP contribution is -1.98. The number of ether oxygens (including phenoxy) is 1. The van der Waals surface area contributed by atoms with Gasteiger partial charge in [0, 0.05) is 18.2 Å². The van der Waals surface area contributed by atoms with Crippen molar-refractivity contribution in [3.8, 4) is 17.2 Å². The molecule has 0 amide bonds. The van der Waals surface area contributed by atoms with E-state index in [-0.39, 0.29) is 11.5 Å². The van der Waals surface area contributed by atoms with Gasteiger partial charge in [0.2, 0.25) is 0 Å². The first-order valence-electron chi connectivity index (χ1n) is 7.97. The van der Waals surface area contributed by atoms with Crippen molar-refractivity contribution in [1.82, 2.24) is 0 Å². The molecule has 0 spiro atoms. The zero-order chi connectivity index (χ0) is 17.6. The summed E-state index contributed by atoms with van der Waals surface area (Å²) < 4.78 is 37.0. The van der Waals surface area contributed by atoms with Gasteiger partial charge in [-0.15, -0.1) is 0 Å². The highest BCUT2D eigenvalue weighted by Gasteiger charge is 2.13. The van der Waals surface area contributed by atoms with Crippen molar-refractivity contribution < 1.29 is 22.8 Å². The lowest BCUT2D eigenvalue weighted by Gasteiger charge is -2.09. The highest BCUT2D eigenvalue weighted by Crippen LogP contribution is 2.29. The molecule has 0 bridgehead atoms. The minimum atomic E-state index is -4.40. The number of benzene rings is 2. The number of unbranched alkanes of at least 4 members (excludes halogenated alkanes) is 3. The van der Waals surface area contributed by atoms with Gasteiger partial charge in [-0.3, -0.25) is 4.55 Å². The van der Waals surface area contributed by atoms with Crippen molar-refractivity contribution in [2.24, 2.45) is 0 Å². The van der Waals surface area contributed by atoms with Gasteiger partial charge in [-0.1, -0.05) is 38.3 Å². The SMILES string of the molecule is CCCCCCc1ccc(Oc2cc(O)cc(S(=O)(=O)O)c2)cc1. The first kappa shape index (κ1) is 18.3. The molecule has 0 saturated carbocycles. The molecule has 0 aliphatic carbocycles. The Kier molecular flexibility index (Phi) is 6.23. The molecule has 5 nitrogen and oxygen atoms in total. The molecule has 0 radical (unpaired) electrons. The van der Waals surface area contributed by atoms with Crippen LogP contribution in [0.25, 0.3) is 0 Å². The summed E-state index contributed by atoms with van der Waals surface area (Å²) in [5, 5.41) is 9.56. The van der Waals surface area contributed by atoms with E-state index in [9.17, 15) is 13.5 Å². The summed E-state index contributed by atoms with van der Waals surface area (Å²) in [5.74, 6) is 0.366. The van der Waals surface area contributed by atoms with Crippen molar-refractivity contribution in [3.05, 3.63) is 48.0 Å². The Labute approximate surface area is 142 Å². The molecule has 130 valence electrons. The maximum atomic E-state index is 11.2. The van der Waals surface area contributed by atoms with Crippen molar-refractivity contribution in [2.45, 2.75) is 43.9 Å². The van der Waals surface area contributed by atoms with Crippen LogP contribution in [-0.4, -0.2) is 18.1 Å². The predicted molar refractivity (Wildman–Crippen MR) is 92.3 cm³/mol. The number of phenols is 1. The van der Waals surface area contributed by atoms with Crippen LogP contribution in [0.5, 0.6) is 17.2 Å². The number of aryl methyl sites for hydroxylation is 1. The topological polar surface area (TPSA) is 83.8 Å². The van der Waals surface area contributed by atoms with Crippen LogP contribution < -0.4 is 4.74 Å². The largest absolute Gasteiger partial charge is 0.508 e. The van der Waals surface area contributed by atoms with E-state index in [0.29, 0.717) is 5.75 Å². The van der Waals surface area contributed by atoms with Crippen LogP contribution in [0.3, 0.4) is 0 Å². The summed E-state index contributed by atoms with van der Waals surface area (Å²) in [5.41, 5.74) is 1.22. The minimum Gasteiger partial charge on any atom is -0.508 e. The quantitative estimate of drug-likeness (QED) is 0.539. The van der Waals surface area contributed by atoms with E-state index in [0.717, 1.165) is 25.0 Å². The number of hydrogen-bond acceptors (Lipinski definition) is 4. The highest BCUT2D eigenvalue weighted by atomic mass is 32.2. The fourth-order valence-electron chi connectivity index (χ4n) is 2.38. The summed E-state index contributed by atoms with van der Waals surface area (Å²) >= 11 is 0. The molecule has 0 heterocycles. The van der Waals surface area contributed by atoms with E-state index in [4.69, 9.17) is 9.29 Å². The molecule has 2 N–H and O–H groups in total. The van der Waals surface area contributed by atoms with Gasteiger partial charge in [-0.2, -0.15) is 8.42 Å². The average Bonchev–Trinajstić information content (AvgIpc) is 2.52. The molecular weight excluding hydrogens is 328 g/mol. The van der Waals surface area contributed by atoms with E-state index in [1.807, 2.05) is 12.1 Å². The lowest BCUT2D eigenvalue weighted by molar-refractivity contribution is 0.447. The van der Waals surface area contributed by atoms with Gasteiger partial charge in [0.05, 0.1) is 0 Å². The monoisotopic (exact) mass is 350 g/mol. The van der Waals surface area contributed by atoms with Gasteiger partial charge in [0.15, 0.2) is 0 Å². The van der Waals surface area contributed by atoms with Gasteiger partial charge in [-0.25, -0.2) is 0 Å². The van der Waals surface area contributed by atoms with Crippen molar-refractivity contribution in [1.29, 1.82) is 0 Å². The number of hydrogen-bond donors (Lipinski definition) is 2. The summed E-state index contributed by atoms with van der Waals surface area (Å²) in [4.78, 5) is -0.412. The molecule has 0 aliphatic heterocycles. The van der Waals surface area contributed by atoms with Crippen LogP contribution in [0.15, 0.2) is 47.4 Å². The van der Waals surface area contributed by atoms with Crippen LogP contribution in [0.1, 0.15) is 38.2 Å². The molecule has 2 rings (SSSR count). The summed E-state index contributed by atoms with van der Waals surface area (Å²) in [6.45, 7) is 2.18. The first-order valence-corrected chi connectivity index (χ1v) is 9.41. The third-order valence-corrected chi connectivity index (χ3v) is 4.47. The Bertz CT molecular complexity index is 766. The van der Waals surface area contributed by atoms with Crippen molar-refractivity contribution in [3.63, 3.8) is 0 Å². The van der Waals surface area contributed by atoms with Crippen LogP contribution >= 0.6 is 0 Å². The van der Waals surface area contributed by atoms with E-state index in [1.165, 1.54) is 30.9 Å². The van der Waals surface area contributed by atoms with Crippen LogP contribution in [0.4, 0.5) is 0 Å². The van der Waals surface area contributed by atoms with Gasteiger partial charge in [-0.05, 0) is 30.5 Å². The Morgan fingerprint density at radius 1 is 0.958 bits per heavy atom. The molecule has 0 unspecified atom stereocenters. The maximum Gasteiger partial charge on any atom is 0.294 e. The molecule has 0 aromatic heterocycles. The zero-order valence-corrected chi connectivity index (χ0v) is 14.4. The summed E-state index contributed by atoms with van der Waals surface area (Å²) in [6, 6.07) is 10.9. The third-order valence-electron chi connectivity index (χ3n) is 3.64. The molecule has 0 atom stereocenters. The van der Waals surface area contributed by atoms with Gasteiger partial charge in [0.25, 0.3) is 10.1 Å². The highest BCUT2D eigenvalue weighted by molar-refractivity contribution is 7.85. The van der Waals surface area contributed by atoms with E-state index < -0.39 is 15.0 Å². The lowest BCUT2D eigenvalue weighted by atomic mass is 10.1. The maximum absolute atomic E-state index is 11.2. The molecule has 6 heteroatoms. The molecule has 2 aromatic carbocycles. The Morgan fingerprint density at radius 3 is 2.29 bits per heavy atom. The second-order valence-electron chi connectivity index (χ2n) is 5.69. The Balaban J connectivity index is 2.05. The Morgan fingerprint density at radius 2 is 1.67 bits per heavy atom. The number of rotatable bonds is 8. The second kappa shape index (κ2) is 8.17. The average molecular weight is 350 g/mol. The number of phenolic OH excluding ortho intramolecular Hbond substituents is 1. The zero-order valence-electron chi connectivity index (χ0n) is 13.6. The van der Waals surface area contributed by atoms with Gasteiger partial charge < -0.3 is 9.84 Å². The minimum absolute atomic E-state index is 0.137. The van der Waals surface area contributed by atoms with Crippen LogP contribution in [0, 0.1) is 0 Å². The smallest absolute Gasteiger partial charge is 0.294 e. The van der Waals surface area contributed by atoms with Gasteiger partial charge in [0.1, 0.15) is 22.1 Å². The molecule has 24 heavy (non-hydrogen) atoms. The summed E-state index contributed by atoms with van der Waals surface area (Å²) in [6.07, 6.45) is 5.84. The Hall–Kier alpha value is -2.05. The standard InChI is InChI=1S/C18H22O5S/c1-2-3-4-5-6-14-7-9-16(10-8-14)23-17-11-15(19)12-18(13-17)24(20,21)22/h7-13,19H,2-6H2,1H3,(H,20,21,22). The normalized spacial score (nSPS) is 11.4. The predicted octanol–water partition coefficient (Wildman–Crippen LogP) is 4.55. The van der Waals surface area contributed by atoms with Crippen LogP contribution in [0.2, 0.25) is 0 Å². The van der Waals surface area contributed by atoms with E-state index >= 15 is 0 Å². The molecule has 0 saturated heterocycles. The fourth-order valence-corrected chi connectivity index (χ4v) is 2.92. The second-order valence-corrected chi connectivity index (χ2v) is 7.12. The van der Waals surface area contributed by atoms with E-state index in [1.54, 1.807) is 12.1 Å². The molecular formula is C18H22O5S. The van der Waals surface area contributed by atoms with Crippen molar-refractivity contribution >= 4 is 10.1 Å². The van der Waals surface area contributed by atoms with Gasteiger partial charge >= 0.3 is 0 Å².